The Bertz CT molecular complexity index is 921. The van der Waals surface area contributed by atoms with Gasteiger partial charge >= 0.3 is 0 Å². The largest absolute Gasteiger partial charge is 0.352 e. The summed E-state index contributed by atoms with van der Waals surface area (Å²) in [5.74, 6) is -1.33. The Morgan fingerprint density at radius 3 is 2.34 bits per heavy atom. The van der Waals surface area contributed by atoms with Crippen molar-refractivity contribution in [2.45, 2.75) is 75.7 Å². The average molecular weight is 488 g/mol. The van der Waals surface area contributed by atoms with Crippen LogP contribution in [-0.4, -0.2) is 36.6 Å². The number of fused-ring (bicyclic) bond motifs is 2. The SMILES string of the molecule is CN[C@@H]1CC(C(=O)N[C@H](c2c(F)ccc(Cl)c2Cl)C23CCC(F)(CC2)C3)C[C@@H]1NC(C)=O. The molecule has 3 aliphatic rings. The second-order valence-corrected chi connectivity index (χ2v) is 10.5. The highest BCUT2D eigenvalue weighted by Gasteiger charge is 2.59. The van der Waals surface area contributed by atoms with Crippen molar-refractivity contribution < 1.29 is 18.4 Å². The van der Waals surface area contributed by atoms with Crippen LogP contribution in [0, 0.1) is 17.2 Å². The molecule has 0 radical (unpaired) electrons. The van der Waals surface area contributed by atoms with Gasteiger partial charge in [-0.15, -0.1) is 0 Å². The first kappa shape index (κ1) is 23.7. The molecule has 1 aromatic carbocycles. The van der Waals surface area contributed by atoms with Crippen LogP contribution in [0.25, 0.3) is 0 Å². The molecule has 0 aliphatic heterocycles. The maximum absolute atomic E-state index is 15.1. The van der Waals surface area contributed by atoms with E-state index in [2.05, 4.69) is 16.0 Å². The van der Waals surface area contributed by atoms with Crippen molar-refractivity contribution in [1.82, 2.24) is 16.0 Å². The predicted molar refractivity (Wildman–Crippen MR) is 120 cm³/mol. The van der Waals surface area contributed by atoms with E-state index in [0.29, 0.717) is 38.5 Å². The molecule has 2 bridgehead atoms. The lowest BCUT2D eigenvalue weighted by Crippen LogP contribution is -2.44. The van der Waals surface area contributed by atoms with Crippen molar-refractivity contribution in [3.63, 3.8) is 0 Å². The van der Waals surface area contributed by atoms with Crippen LogP contribution >= 0.6 is 23.2 Å². The van der Waals surface area contributed by atoms with Gasteiger partial charge in [-0.3, -0.25) is 9.59 Å². The summed E-state index contributed by atoms with van der Waals surface area (Å²) in [6.45, 7) is 1.45. The summed E-state index contributed by atoms with van der Waals surface area (Å²) in [5, 5.41) is 9.36. The van der Waals surface area contributed by atoms with Crippen LogP contribution in [0.4, 0.5) is 8.78 Å². The van der Waals surface area contributed by atoms with Gasteiger partial charge in [0.15, 0.2) is 0 Å². The van der Waals surface area contributed by atoms with E-state index in [9.17, 15) is 9.59 Å². The Hall–Kier alpha value is -1.44. The quantitative estimate of drug-likeness (QED) is 0.518. The molecule has 5 nitrogen and oxygen atoms in total. The number of halogens is 4. The lowest BCUT2D eigenvalue weighted by Gasteiger charge is -2.38. The third-order valence-corrected chi connectivity index (χ3v) is 8.59. The van der Waals surface area contributed by atoms with E-state index in [0.717, 1.165) is 0 Å². The van der Waals surface area contributed by atoms with Crippen molar-refractivity contribution in [1.29, 1.82) is 0 Å². The minimum Gasteiger partial charge on any atom is -0.352 e. The fourth-order valence-electron chi connectivity index (χ4n) is 6.16. The number of likely N-dealkylation sites (N-methyl/N-ethyl adjacent to an activating group) is 1. The molecule has 3 aliphatic carbocycles. The number of alkyl halides is 1. The molecule has 1 aromatic rings. The van der Waals surface area contributed by atoms with Crippen molar-refractivity contribution in [2.24, 2.45) is 11.3 Å². The highest BCUT2D eigenvalue weighted by molar-refractivity contribution is 6.42. The molecule has 32 heavy (non-hydrogen) atoms. The molecule has 2 amide bonds. The van der Waals surface area contributed by atoms with Gasteiger partial charge in [-0.2, -0.15) is 0 Å². The summed E-state index contributed by atoms with van der Waals surface area (Å²) in [7, 11) is 1.79. The topological polar surface area (TPSA) is 70.2 Å². The Kier molecular flexibility index (Phi) is 6.47. The van der Waals surface area contributed by atoms with Gasteiger partial charge < -0.3 is 16.0 Å². The Balaban J connectivity index is 1.63. The molecular formula is C23H29Cl2F2N3O2. The Morgan fingerprint density at radius 2 is 1.78 bits per heavy atom. The Labute approximate surface area is 197 Å². The second kappa shape index (κ2) is 8.73. The maximum atomic E-state index is 15.1. The van der Waals surface area contributed by atoms with Crippen LogP contribution in [0.5, 0.6) is 0 Å². The number of carbonyl (C=O) groups is 2. The van der Waals surface area contributed by atoms with Crippen molar-refractivity contribution in [2.75, 3.05) is 7.05 Å². The van der Waals surface area contributed by atoms with Gasteiger partial charge in [0.25, 0.3) is 0 Å². The molecule has 1 unspecified atom stereocenters. The molecule has 3 fully saturated rings. The number of hydrogen-bond donors (Lipinski definition) is 3. The van der Waals surface area contributed by atoms with Crippen molar-refractivity contribution in [3.05, 3.63) is 33.6 Å². The number of carbonyl (C=O) groups excluding carboxylic acids is 2. The van der Waals surface area contributed by atoms with Crippen LogP contribution in [0.1, 0.15) is 63.5 Å². The molecule has 176 valence electrons. The maximum Gasteiger partial charge on any atom is 0.223 e. The van der Waals surface area contributed by atoms with Crippen LogP contribution in [0.2, 0.25) is 10.0 Å². The normalized spacial score (nSPS) is 34.5. The van der Waals surface area contributed by atoms with E-state index in [1.165, 1.54) is 19.1 Å². The predicted octanol–water partition coefficient (Wildman–Crippen LogP) is 4.46. The highest BCUT2D eigenvalue weighted by atomic mass is 35.5. The first-order valence-corrected chi connectivity index (χ1v) is 11.9. The molecule has 0 spiro atoms. The monoisotopic (exact) mass is 487 g/mol. The molecule has 3 saturated carbocycles. The van der Waals surface area contributed by atoms with Gasteiger partial charge in [0.05, 0.1) is 16.1 Å². The number of hydrogen-bond acceptors (Lipinski definition) is 3. The number of benzene rings is 1. The fourth-order valence-corrected chi connectivity index (χ4v) is 6.59. The summed E-state index contributed by atoms with van der Waals surface area (Å²) in [6.07, 6.45) is 3.17. The first-order chi connectivity index (χ1) is 15.1. The van der Waals surface area contributed by atoms with Gasteiger partial charge in [-0.1, -0.05) is 23.2 Å². The third-order valence-electron chi connectivity index (χ3n) is 7.77. The lowest BCUT2D eigenvalue weighted by atomic mass is 9.74. The zero-order valence-corrected chi connectivity index (χ0v) is 19.8. The van der Waals surface area contributed by atoms with Crippen molar-refractivity contribution >= 4 is 35.0 Å². The van der Waals surface area contributed by atoms with E-state index in [-0.39, 0.29) is 51.8 Å². The fraction of sp³-hybridized carbons (Fsp3) is 0.652. The van der Waals surface area contributed by atoms with Crippen molar-refractivity contribution in [3.8, 4) is 0 Å². The summed E-state index contributed by atoms with van der Waals surface area (Å²) >= 11 is 12.6. The Morgan fingerprint density at radius 1 is 1.12 bits per heavy atom. The van der Waals surface area contributed by atoms with Gasteiger partial charge in [0, 0.05) is 30.5 Å². The van der Waals surface area contributed by atoms with E-state index >= 15 is 8.78 Å². The number of rotatable bonds is 6. The standard InChI is InChI=1S/C23H29Cl2F2N3O2/c1-12(31)29-17-10-13(9-16(17)28-2)21(32)30-20(18-15(26)4-3-14(24)19(18)25)22-5-7-23(27,11-22)8-6-22/h3-4,13,16-17,20,28H,5-11H2,1-2H3,(H,29,31)(H,30,32)/t13?,16-,17+,20-,22?,23?/m1/s1. The molecule has 0 heterocycles. The summed E-state index contributed by atoms with van der Waals surface area (Å²) < 4.78 is 30.1. The van der Waals surface area contributed by atoms with Crippen LogP contribution < -0.4 is 16.0 Å². The van der Waals surface area contributed by atoms with Gasteiger partial charge in [0.2, 0.25) is 11.8 Å². The third kappa shape index (κ3) is 4.24. The zero-order chi connectivity index (χ0) is 23.3. The van der Waals surface area contributed by atoms with E-state index < -0.39 is 22.9 Å². The molecule has 0 saturated heterocycles. The smallest absolute Gasteiger partial charge is 0.223 e. The van der Waals surface area contributed by atoms with Crippen LogP contribution in [0.3, 0.4) is 0 Å². The van der Waals surface area contributed by atoms with E-state index in [4.69, 9.17) is 23.2 Å². The minimum atomic E-state index is -1.27. The highest BCUT2D eigenvalue weighted by Crippen LogP contribution is 2.64. The molecule has 3 N–H and O–H groups in total. The number of nitrogens with one attached hydrogen (secondary N) is 3. The summed E-state index contributed by atoms with van der Waals surface area (Å²) in [5.41, 5.74) is -1.73. The van der Waals surface area contributed by atoms with Crippen LogP contribution in [-0.2, 0) is 9.59 Å². The summed E-state index contributed by atoms with van der Waals surface area (Å²) in [4.78, 5) is 24.9. The lowest BCUT2D eigenvalue weighted by molar-refractivity contribution is -0.127. The first-order valence-electron chi connectivity index (χ1n) is 11.1. The molecule has 4 rings (SSSR count). The van der Waals surface area contributed by atoms with E-state index in [1.807, 2.05) is 0 Å². The van der Waals surface area contributed by atoms with Gasteiger partial charge in [0.1, 0.15) is 11.5 Å². The van der Waals surface area contributed by atoms with Gasteiger partial charge in [-0.05, 0) is 69.5 Å². The minimum absolute atomic E-state index is 0.0470. The number of amides is 2. The van der Waals surface area contributed by atoms with Crippen LogP contribution in [0.15, 0.2) is 12.1 Å². The summed E-state index contributed by atoms with van der Waals surface area (Å²) in [6, 6.07) is 1.64. The molecule has 0 aromatic heterocycles. The molecular weight excluding hydrogens is 459 g/mol. The van der Waals surface area contributed by atoms with E-state index in [1.54, 1.807) is 7.05 Å². The second-order valence-electron chi connectivity index (χ2n) is 9.76. The average Bonchev–Trinajstić information content (AvgIpc) is 3.40. The molecule has 9 heteroatoms. The van der Waals surface area contributed by atoms with Gasteiger partial charge in [-0.25, -0.2) is 8.78 Å². The molecule has 4 atom stereocenters. The zero-order valence-electron chi connectivity index (χ0n) is 18.2.